The molecule has 18 heavy (non-hydrogen) atoms. The number of hydrogen-bond donors (Lipinski definition) is 1. The number of methoxy groups -OCH3 is 3. The summed E-state index contributed by atoms with van der Waals surface area (Å²) in [6, 6.07) is 3.67. The summed E-state index contributed by atoms with van der Waals surface area (Å²) in [7, 11) is 4.79. The third-order valence-electron chi connectivity index (χ3n) is 3.33. The van der Waals surface area contributed by atoms with Gasteiger partial charge in [-0.05, 0) is 18.9 Å². The van der Waals surface area contributed by atoms with Crippen molar-refractivity contribution in [2.75, 3.05) is 21.3 Å². The zero-order chi connectivity index (χ0) is 13.1. The van der Waals surface area contributed by atoms with Crippen molar-refractivity contribution in [1.82, 2.24) is 0 Å². The molecule has 1 fully saturated rings. The molecule has 1 saturated carbocycles. The molecule has 98 valence electrons. The van der Waals surface area contributed by atoms with Crippen molar-refractivity contribution in [3.63, 3.8) is 0 Å². The summed E-state index contributed by atoms with van der Waals surface area (Å²) in [6.45, 7) is 0. The molecule has 1 aromatic rings. The van der Waals surface area contributed by atoms with E-state index in [2.05, 4.69) is 5.16 Å². The van der Waals surface area contributed by atoms with Gasteiger partial charge in [-0.25, -0.2) is 0 Å². The SMILES string of the molecule is COc1cc(OC)c([C@@H]2CC/C2=N/O)cc1OC. The maximum Gasteiger partial charge on any atom is 0.164 e. The summed E-state index contributed by atoms with van der Waals surface area (Å²) in [4.78, 5) is 0. The van der Waals surface area contributed by atoms with Gasteiger partial charge in [-0.2, -0.15) is 0 Å². The maximum absolute atomic E-state index is 8.90. The van der Waals surface area contributed by atoms with E-state index >= 15 is 0 Å². The first-order chi connectivity index (χ1) is 8.74. The molecular weight excluding hydrogens is 234 g/mol. The number of ether oxygens (including phenoxy) is 3. The number of nitrogens with zero attached hydrogens (tertiary/aromatic N) is 1. The molecular formula is C13H17NO4. The Morgan fingerprint density at radius 2 is 1.67 bits per heavy atom. The van der Waals surface area contributed by atoms with Crippen LogP contribution in [0.15, 0.2) is 17.3 Å². The molecule has 1 aromatic carbocycles. The maximum atomic E-state index is 8.90. The molecule has 2 rings (SSSR count). The first-order valence-electron chi connectivity index (χ1n) is 5.75. The van der Waals surface area contributed by atoms with E-state index in [0.717, 1.165) is 29.9 Å². The van der Waals surface area contributed by atoms with Crippen molar-refractivity contribution < 1.29 is 19.4 Å². The summed E-state index contributed by atoms with van der Waals surface area (Å²) in [5.74, 6) is 2.10. The molecule has 1 aliphatic rings. The van der Waals surface area contributed by atoms with Crippen LogP contribution in [-0.2, 0) is 0 Å². The second-order valence-corrected chi connectivity index (χ2v) is 4.13. The predicted octanol–water partition coefficient (Wildman–Crippen LogP) is 2.42. The molecule has 0 aliphatic heterocycles. The highest BCUT2D eigenvalue weighted by molar-refractivity contribution is 5.96. The van der Waals surface area contributed by atoms with Crippen molar-refractivity contribution in [1.29, 1.82) is 0 Å². The average Bonchev–Trinajstić information content (AvgIpc) is 2.37. The van der Waals surface area contributed by atoms with Gasteiger partial charge < -0.3 is 19.4 Å². The number of rotatable bonds is 4. The average molecular weight is 251 g/mol. The zero-order valence-corrected chi connectivity index (χ0v) is 10.8. The van der Waals surface area contributed by atoms with E-state index in [1.54, 1.807) is 27.4 Å². The van der Waals surface area contributed by atoms with E-state index in [-0.39, 0.29) is 5.92 Å². The lowest BCUT2D eigenvalue weighted by atomic mass is 9.77. The molecule has 5 heteroatoms. The van der Waals surface area contributed by atoms with Crippen LogP contribution in [0.5, 0.6) is 17.2 Å². The highest BCUT2D eigenvalue weighted by Crippen LogP contribution is 2.43. The number of hydrogen-bond acceptors (Lipinski definition) is 5. The number of oxime groups is 1. The van der Waals surface area contributed by atoms with Crippen molar-refractivity contribution >= 4 is 5.71 Å². The first kappa shape index (κ1) is 12.5. The van der Waals surface area contributed by atoms with Gasteiger partial charge in [-0.3, -0.25) is 0 Å². The smallest absolute Gasteiger partial charge is 0.164 e. The largest absolute Gasteiger partial charge is 0.496 e. The Balaban J connectivity index is 2.45. The standard InChI is InChI=1S/C13H17NO4/c1-16-11-7-13(18-3)12(17-2)6-9(11)8-4-5-10(8)14-15/h6-8,15H,4-5H2,1-3H3/b14-10-/t8-/m0/s1. The molecule has 0 saturated heterocycles. The monoisotopic (exact) mass is 251 g/mol. The van der Waals surface area contributed by atoms with Gasteiger partial charge in [0.2, 0.25) is 0 Å². The highest BCUT2D eigenvalue weighted by Gasteiger charge is 2.31. The van der Waals surface area contributed by atoms with Crippen LogP contribution in [0, 0.1) is 0 Å². The van der Waals surface area contributed by atoms with Crippen LogP contribution in [0.3, 0.4) is 0 Å². The van der Waals surface area contributed by atoms with E-state index in [1.165, 1.54) is 0 Å². The highest BCUT2D eigenvalue weighted by atomic mass is 16.5. The first-order valence-corrected chi connectivity index (χ1v) is 5.75. The predicted molar refractivity (Wildman–Crippen MR) is 67.3 cm³/mol. The lowest BCUT2D eigenvalue weighted by molar-refractivity contribution is 0.309. The van der Waals surface area contributed by atoms with E-state index < -0.39 is 0 Å². The molecule has 0 bridgehead atoms. The van der Waals surface area contributed by atoms with E-state index in [0.29, 0.717) is 11.5 Å². The second kappa shape index (κ2) is 5.16. The van der Waals surface area contributed by atoms with Gasteiger partial charge in [0, 0.05) is 17.5 Å². The molecule has 0 radical (unpaired) electrons. The number of benzene rings is 1. The molecule has 1 atom stereocenters. The Hall–Kier alpha value is -1.91. The summed E-state index contributed by atoms with van der Waals surface area (Å²) in [5, 5.41) is 12.2. The molecule has 1 N–H and O–H groups in total. The summed E-state index contributed by atoms with van der Waals surface area (Å²) in [6.07, 6.45) is 1.77. The van der Waals surface area contributed by atoms with Gasteiger partial charge >= 0.3 is 0 Å². The van der Waals surface area contributed by atoms with Crippen molar-refractivity contribution in [3.8, 4) is 17.2 Å². The zero-order valence-electron chi connectivity index (χ0n) is 10.8. The third-order valence-corrected chi connectivity index (χ3v) is 3.33. The topological polar surface area (TPSA) is 60.3 Å². The third kappa shape index (κ3) is 1.96. The molecule has 1 aliphatic carbocycles. The van der Waals surface area contributed by atoms with Crippen LogP contribution < -0.4 is 14.2 Å². The van der Waals surface area contributed by atoms with Crippen molar-refractivity contribution in [2.24, 2.45) is 5.16 Å². The van der Waals surface area contributed by atoms with Crippen LogP contribution in [0.4, 0.5) is 0 Å². The lowest BCUT2D eigenvalue weighted by Gasteiger charge is -2.29. The Kier molecular flexibility index (Phi) is 3.60. The van der Waals surface area contributed by atoms with Crippen LogP contribution in [0.2, 0.25) is 0 Å². The second-order valence-electron chi connectivity index (χ2n) is 4.13. The molecule has 0 unspecified atom stereocenters. The Morgan fingerprint density at radius 1 is 1.06 bits per heavy atom. The minimum absolute atomic E-state index is 0.102. The van der Waals surface area contributed by atoms with Crippen LogP contribution in [0.25, 0.3) is 0 Å². The fourth-order valence-electron chi connectivity index (χ4n) is 2.20. The van der Waals surface area contributed by atoms with E-state index in [9.17, 15) is 0 Å². The minimum atomic E-state index is 0.102. The normalized spacial score (nSPS) is 20.4. The van der Waals surface area contributed by atoms with Crippen molar-refractivity contribution in [2.45, 2.75) is 18.8 Å². The van der Waals surface area contributed by atoms with Crippen LogP contribution >= 0.6 is 0 Å². The Labute approximate surface area is 106 Å². The summed E-state index contributed by atoms with van der Waals surface area (Å²) in [5.41, 5.74) is 1.75. The van der Waals surface area contributed by atoms with Gasteiger partial charge in [0.1, 0.15) is 5.75 Å². The van der Waals surface area contributed by atoms with Crippen LogP contribution in [-0.4, -0.2) is 32.2 Å². The molecule has 5 nitrogen and oxygen atoms in total. The van der Waals surface area contributed by atoms with E-state index in [1.807, 2.05) is 6.07 Å². The lowest BCUT2D eigenvalue weighted by Crippen LogP contribution is -2.24. The van der Waals surface area contributed by atoms with Crippen molar-refractivity contribution in [3.05, 3.63) is 17.7 Å². The summed E-state index contributed by atoms with van der Waals surface area (Å²) >= 11 is 0. The summed E-state index contributed by atoms with van der Waals surface area (Å²) < 4.78 is 15.9. The van der Waals surface area contributed by atoms with Gasteiger partial charge in [0.25, 0.3) is 0 Å². The Bertz CT molecular complexity index is 470. The molecule has 0 aromatic heterocycles. The minimum Gasteiger partial charge on any atom is -0.496 e. The quantitative estimate of drug-likeness (QED) is 0.659. The fourth-order valence-corrected chi connectivity index (χ4v) is 2.20. The Morgan fingerprint density at radius 3 is 2.11 bits per heavy atom. The van der Waals surface area contributed by atoms with Gasteiger partial charge in [-0.15, -0.1) is 0 Å². The van der Waals surface area contributed by atoms with Crippen LogP contribution in [0.1, 0.15) is 24.3 Å². The molecule has 0 amide bonds. The molecule has 0 heterocycles. The van der Waals surface area contributed by atoms with Gasteiger partial charge in [0.05, 0.1) is 27.0 Å². The van der Waals surface area contributed by atoms with Gasteiger partial charge in [0.15, 0.2) is 11.5 Å². The van der Waals surface area contributed by atoms with Gasteiger partial charge in [-0.1, -0.05) is 5.16 Å². The van der Waals surface area contributed by atoms with E-state index in [4.69, 9.17) is 19.4 Å². The molecule has 0 spiro atoms. The fraction of sp³-hybridized carbons (Fsp3) is 0.462.